The second-order valence-corrected chi connectivity index (χ2v) is 5.47. The molecule has 0 bridgehead atoms. The van der Waals surface area contributed by atoms with Gasteiger partial charge in [-0.15, -0.1) is 0 Å². The second kappa shape index (κ2) is 5.77. The van der Waals surface area contributed by atoms with Crippen molar-refractivity contribution in [3.63, 3.8) is 0 Å². The monoisotopic (exact) mass is 270 g/mol. The second-order valence-electron chi connectivity index (χ2n) is 5.47. The van der Waals surface area contributed by atoms with Crippen LogP contribution in [0.4, 0.5) is 5.69 Å². The van der Waals surface area contributed by atoms with Crippen LogP contribution in [-0.4, -0.2) is 50.2 Å². The molecule has 1 aliphatic rings. The number of pyridine rings is 1. The average Bonchev–Trinajstić information content (AvgIpc) is 2.48. The first-order valence-electron chi connectivity index (χ1n) is 7.24. The Labute approximate surface area is 120 Å². The van der Waals surface area contributed by atoms with E-state index >= 15 is 0 Å². The number of fused-ring (bicyclic) bond motifs is 1. The molecule has 0 aliphatic carbocycles. The Morgan fingerprint density at radius 3 is 2.65 bits per heavy atom. The van der Waals surface area contributed by atoms with Crippen LogP contribution < -0.4 is 10.2 Å². The lowest BCUT2D eigenvalue weighted by Gasteiger charge is -2.34. The molecule has 4 nitrogen and oxygen atoms in total. The minimum Gasteiger partial charge on any atom is -0.368 e. The number of rotatable bonds is 3. The van der Waals surface area contributed by atoms with Crippen molar-refractivity contribution in [1.82, 2.24) is 15.2 Å². The van der Waals surface area contributed by atoms with Gasteiger partial charge in [-0.25, -0.2) is 0 Å². The zero-order valence-corrected chi connectivity index (χ0v) is 12.3. The molecule has 0 radical (unpaired) electrons. The molecule has 1 fully saturated rings. The van der Waals surface area contributed by atoms with Crippen molar-refractivity contribution in [2.45, 2.75) is 6.54 Å². The van der Waals surface area contributed by atoms with Gasteiger partial charge < -0.3 is 15.1 Å². The van der Waals surface area contributed by atoms with Crippen LogP contribution in [0.25, 0.3) is 10.9 Å². The normalized spacial score (nSPS) is 16.8. The van der Waals surface area contributed by atoms with Crippen molar-refractivity contribution in [1.29, 1.82) is 0 Å². The minimum absolute atomic E-state index is 0.811. The highest BCUT2D eigenvalue weighted by Gasteiger charge is 2.17. The first kappa shape index (κ1) is 13.3. The molecule has 0 amide bonds. The van der Waals surface area contributed by atoms with E-state index in [0.717, 1.165) is 43.9 Å². The van der Waals surface area contributed by atoms with Crippen LogP contribution in [0.2, 0.25) is 0 Å². The molecule has 3 rings (SSSR count). The third-order valence-electron chi connectivity index (χ3n) is 3.95. The molecule has 0 spiro atoms. The zero-order chi connectivity index (χ0) is 13.9. The Balaban J connectivity index is 2.03. The Kier molecular flexibility index (Phi) is 3.85. The lowest BCUT2D eigenvalue weighted by molar-refractivity contribution is 0.313. The van der Waals surface area contributed by atoms with E-state index < -0.39 is 0 Å². The maximum absolute atomic E-state index is 4.74. The number of likely N-dealkylation sites (N-methyl/N-ethyl adjacent to an activating group) is 1. The summed E-state index contributed by atoms with van der Waals surface area (Å²) in [6.45, 7) is 5.23. The van der Waals surface area contributed by atoms with E-state index in [1.807, 2.05) is 7.05 Å². The number of hydrogen-bond donors (Lipinski definition) is 1. The molecule has 0 atom stereocenters. The van der Waals surface area contributed by atoms with Gasteiger partial charge in [0.2, 0.25) is 0 Å². The number of benzene rings is 1. The summed E-state index contributed by atoms with van der Waals surface area (Å²) < 4.78 is 0. The Morgan fingerprint density at radius 1 is 1.15 bits per heavy atom. The fourth-order valence-electron chi connectivity index (χ4n) is 2.79. The molecule has 2 heterocycles. The van der Waals surface area contributed by atoms with E-state index in [0.29, 0.717) is 0 Å². The summed E-state index contributed by atoms with van der Waals surface area (Å²) in [5.74, 6) is 0. The number of para-hydroxylation sites is 1. The van der Waals surface area contributed by atoms with Crippen LogP contribution in [-0.2, 0) is 6.54 Å². The van der Waals surface area contributed by atoms with Crippen molar-refractivity contribution < 1.29 is 0 Å². The van der Waals surface area contributed by atoms with E-state index in [1.54, 1.807) is 0 Å². The quantitative estimate of drug-likeness (QED) is 0.920. The number of nitrogens with one attached hydrogen (secondary N) is 1. The van der Waals surface area contributed by atoms with E-state index in [2.05, 4.69) is 52.5 Å². The molecule has 0 unspecified atom stereocenters. The van der Waals surface area contributed by atoms with E-state index in [9.17, 15) is 0 Å². The van der Waals surface area contributed by atoms with Gasteiger partial charge in [0.25, 0.3) is 0 Å². The molecule has 20 heavy (non-hydrogen) atoms. The van der Waals surface area contributed by atoms with Gasteiger partial charge in [0.15, 0.2) is 0 Å². The largest absolute Gasteiger partial charge is 0.368 e. The van der Waals surface area contributed by atoms with Gasteiger partial charge in [0.1, 0.15) is 0 Å². The van der Waals surface area contributed by atoms with Crippen LogP contribution in [0.1, 0.15) is 5.69 Å². The van der Waals surface area contributed by atoms with Gasteiger partial charge in [0.05, 0.1) is 11.2 Å². The van der Waals surface area contributed by atoms with Crippen molar-refractivity contribution in [3.8, 4) is 0 Å². The summed E-state index contributed by atoms with van der Waals surface area (Å²) >= 11 is 0. The maximum atomic E-state index is 4.74. The number of piperazine rings is 1. The van der Waals surface area contributed by atoms with E-state index in [4.69, 9.17) is 4.98 Å². The lowest BCUT2D eigenvalue weighted by atomic mass is 10.1. The number of hydrogen-bond acceptors (Lipinski definition) is 4. The highest BCUT2D eigenvalue weighted by molar-refractivity contribution is 5.92. The van der Waals surface area contributed by atoms with E-state index in [-0.39, 0.29) is 0 Å². The molecule has 1 aliphatic heterocycles. The van der Waals surface area contributed by atoms with Gasteiger partial charge in [-0.1, -0.05) is 18.2 Å². The molecule has 1 aromatic heterocycles. The van der Waals surface area contributed by atoms with Gasteiger partial charge in [-0.05, 0) is 26.2 Å². The highest BCUT2D eigenvalue weighted by Crippen LogP contribution is 2.27. The molecule has 4 heteroatoms. The number of anilines is 1. The Bertz CT molecular complexity index is 588. The topological polar surface area (TPSA) is 31.4 Å². The molecular formula is C16H22N4. The maximum Gasteiger partial charge on any atom is 0.0726 e. The Hall–Kier alpha value is -1.65. The molecule has 2 aromatic rings. The smallest absolute Gasteiger partial charge is 0.0726 e. The third-order valence-corrected chi connectivity index (χ3v) is 3.95. The molecule has 0 saturated carbocycles. The molecule has 106 valence electrons. The van der Waals surface area contributed by atoms with Gasteiger partial charge in [-0.3, -0.25) is 4.98 Å². The van der Waals surface area contributed by atoms with Gasteiger partial charge in [-0.2, -0.15) is 0 Å². The average molecular weight is 270 g/mol. The van der Waals surface area contributed by atoms with Crippen molar-refractivity contribution in [2.24, 2.45) is 0 Å². The summed E-state index contributed by atoms with van der Waals surface area (Å²) in [5.41, 5.74) is 3.53. The predicted molar refractivity (Wildman–Crippen MR) is 84.2 cm³/mol. The summed E-state index contributed by atoms with van der Waals surface area (Å²) in [6.07, 6.45) is 0. The molecule has 1 saturated heterocycles. The first-order valence-corrected chi connectivity index (χ1v) is 7.24. The van der Waals surface area contributed by atoms with Gasteiger partial charge in [0, 0.05) is 43.8 Å². The lowest BCUT2D eigenvalue weighted by Crippen LogP contribution is -2.44. The third kappa shape index (κ3) is 2.62. The van der Waals surface area contributed by atoms with Crippen LogP contribution in [0.3, 0.4) is 0 Å². The molecular weight excluding hydrogens is 248 g/mol. The molecule has 1 N–H and O–H groups in total. The van der Waals surface area contributed by atoms with Crippen LogP contribution in [0.15, 0.2) is 30.3 Å². The standard InChI is InChI=1S/C16H22N4/c1-17-12-13-11-16(20-9-7-19(2)8-10-20)14-5-3-4-6-15(14)18-13/h3-6,11,17H,7-10,12H2,1-2H3. The summed E-state index contributed by atoms with van der Waals surface area (Å²) in [5, 5.41) is 4.46. The molecule has 1 aromatic carbocycles. The fourth-order valence-corrected chi connectivity index (χ4v) is 2.79. The van der Waals surface area contributed by atoms with Gasteiger partial charge >= 0.3 is 0 Å². The summed E-state index contributed by atoms with van der Waals surface area (Å²) in [7, 11) is 4.15. The Morgan fingerprint density at radius 2 is 1.90 bits per heavy atom. The van der Waals surface area contributed by atoms with E-state index in [1.165, 1.54) is 11.1 Å². The summed E-state index contributed by atoms with van der Waals surface area (Å²) in [4.78, 5) is 9.61. The van der Waals surface area contributed by atoms with Crippen molar-refractivity contribution >= 4 is 16.6 Å². The predicted octanol–water partition coefficient (Wildman–Crippen LogP) is 1.71. The first-order chi connectivity index (χ1) is 9.78. The van der Waals surface area contributed by atoms with Crippen LogP contribution >= 0.6 is 0 Å². The minimum atomic E-state index is 0.811. The fraction of sp³-hybridized carbons (Fsp3) is 0.438. The zero-order valence-electron chi connectivity index (χ0n) is 12.3. The van der Waals surface area contributed by atoms with Crippen LogP contribution in [0.5, 0.6) is 0 Å². The number of nitrogens with zero attached hydrogens (tertiary/aromatic N) is 3. The van der Waals surface area contributed by atoms with Crippen LogP contribution in [0, 0.1) is 0 Å². The SMILES string of the molecule is CNCc1cc(N2CCN(C)CC2)c2ccccc2n1. The highest BCUT2D eigenvalue weighted by atomic mass is 15.2. The number of aromatic nitrogens is 1. The van der Waals surface area contributed by atoms with Crippen molar-refractivity contribution in [3.05, 3.63) is 36.0 Å². The summed E-state index contributed by atoms with van der Waals surface area (Å²) in [6, 6.07) is 10.7. The van der Waals surface area contributed by atoms with Crippen molar-refractivity contribution in [2.75, 3.05) is 45.2 Å².